The highest BCUT2D eigenvalue weighted by molar-refractivity contribution is 6.24. The number of phenolic OH excluding ortho intramolecular Hbond substituents is 1. The van der Waals surface area contributed by atoms with Gasteiger partial charge in [-0.2, -0.15) is 0 Å². The van der Waals surface area contributed by atoms with Gasteiger partial charge in [0.05, 0.1) is 29.6 Å². The number of aromatic hydroxyl groups is 1. The van der Waals surface area contributed by atoms with E-state index in [1.807, 2.05) is 19.1 Å². The molecule has 4 atom stereocenters. The SMILES string of the molecule is CCc1ccc(N2C(=O)C3C(c4ccc(O)c(OC)c4)NC(Cc4ccc([N+](=O)[O-])cc4)(C(=O)O)C3C2=O)cc1. The van der Waals surface area contributed by atoms with Crippen molar-refractivity contribution in [2.45, 2.75) is 31.3 Å². The summed E-state index contributed by atoms with van der Waals surface area (Å²) in [5.74, 6) is -4.91. The van der Waals surface area contributed by atoms with Crippen LogP contribution in [-0.4, -0.2) is 45.6 Å². The predicted octanol–water partition coefficient (Wildman–Crippen LogP) is 3.39. The summed E-state index contributed by atoms with van der Waals surface area (Å²) in [6.45, 7) is 1.98. The zero-order chi connectivity index (χ0) is 28.8. The van der Waals surface area contributed by atoms with Crippen LogP contribution in [0.5, 0.6) is 11.5 Å². The quantitative estimate of drug-likeness (QED) is 0.219. The van der Waals surface area contributed by atoms with Crippen LogP contribution in [0.1, 0.15) is 29.7 Å². The monoisotopic (exact) mass is 545 g/mol. The Morgan fingerprint density at radius 1 is 1.05 bits per heavy atom. The molecule has 0 spiro atoms. The molecule has 206 valence electrons. The van der Waals surface area contributed by atoms with Gasteiger partial charge in [0.25, 0.3) is 5.69 Å². The standard InChI is InChI=1S/C29H27N3O8/c1-3-16-4-9-19(10-5-16)31-26(34)23-24(27(31)35)29(28(36)37,15-17-6-11-20(12-7-17)32(38)39)30-25(23)18-8-13-21(33)22(14-18)40-2/h4-14,23-25,30,33H,3,15H2,1-2H3,(H,36,37). The van der Waals surface area contributed by atoms with Crippen molar-refractivity contribution in [3.05, 3.63) is 93.5 Å². The van der Waals surface area contributed by atoms with Crippen LogP contribution in [0.15, 0.2) is 66.7 Å². The molecule has 3 aromatic carbocycles. The van der Waals surface area contributed by atoms with Gasteiger partial charge in [-0.05, 0) is 47.4 Å². The fraction of sp³-hybridized carbons (Fsp3) is 0.276. The summed E-state index contributed by atoms with van der Waals surface area (Å²) >= 11 is 0. The van der Waals surface area contributed by atoms with E-state index in [-0.39, 0.29) is 23.6 Å². The number of ether oxygens (including phenoxy) is 1. The number of benzene rings is 3. The van der Waals surface area contributed by atoms with E-state index in [1.54, 1.807) is 18.2 Å². The smallest absolute Gasteiger partial charge is 0.325 e. The van der Waals surface area contributed by atoms with Gasteiger partial charge in [0, 0.05) is 24.6 Å². The van der Waals surface area contributed by atoms with Crippen LogP contribution in [0.2, 0.25) is 0 Å². The number of carboxylic acid groups (broad SMARTS) is 1. The molecule has 2 aliphatic rings. The van der Waals surface area contributed by atoms with Crippen molar-refractivity contribution in [2.24, 2.45) is 11.8 Å². The van der Waals surface area contributed by atoms with Crippen molar-refractivity contribution in [1.29, 1.82) is 0 Å². The number of carboxylic acids is 1. The van der Waals surface area contributed by atoms with Crippen LogP contribution in [-0.2, 0) is 27.2 Å². The summed E-state index contributed by atoms with van der Waals surface area (Å²) in [6, 6.07) is 15.9. The number of hydrogen-bond donors (Lipinski definition) is 3. The third-order valence-electron chi connectivity index (χ3n) is 7.83. The lowest BCUT2D eigenvalue weighted by Gasteiger charge is -2.31. The Morgan fingerprint density at radius 3 is 2.27 bits per heavy atom. The first-order valence-corrected chi connectivity index (χ1v) is 12.7. The Balaban J connectivity index is 1.64. The lowest BCUT2D eigenvalue weighted by atomic mass is 9.76. The highest BCUT2D eigenvalue weighted by atomic mass is 16.6. The summed E-state index contributed by atoms with van der Waals surface area (Å²) < 4.78 is 5.23. The maximum atomic E-state index is 14.0. The van der Waals surface area contributed by atoms with Gasteiger partial charge < -0.3 is 14.9 Å². The molecule has 0 radical (unpaired) electrons. The molecule has 0 bridgehead atoms. The van der Waals surface area contributed by atoms with Gasteiger partial charge in [-0.15, -0.1) is 0 Å². The number of non-ortho nitro benzene ring substituents is 1. The number of nitro groups is 1. The number of phenols is 1. The van der Waals surface area contributed by atoms with Crippen molar-refractivity contribution in [2.75, 3.05) is 12.0 Å². The van der Waals surface area contributed by atoms with Gasteiger partial charge in [-0.3, -0.25) is 29.8 Å². The number of aryl methyl sites for hydroxylation is 1. The highest BCUT2D eigenvalue weighted by Gasteiger charge is 2.68. The van der Waals surface area contributed by atoms with E-state index in [0.717, 1.165) is 16.9 Å². The fourth-order valence-electron chi connectivity index (χ4n) is 5.80. The molecule has 2 amide bonds. The average Bonchev–Trinajstić information content (AvgIpc) is 3.43. The number of amides is 2. The summed E-state index contributed by atoms with van der Waals surface area (Å²) in [7, 11) is 1.37. The zero-order valence-corrected chi connectivity index (χ0v) is 21.7. The predicted molar refractivity (Wildman–Crippen MR) is 143 cm³/mol. The van der Waals surface area contributed by atoms with E-state index in [4.69, 9.17) is 4.74 Å². The van der Waals surface area contributed by atoms with E-state index < -0.39 is 46.1 Å². The third kappa shape index (κ3) is 4.24. The molecular weight excluding hydrogens is 518 g/mol. The number of methoxy groups -OCH3 is 1. The Labute approximate surface area is 229 Å². The average molecular weight is 546 g/mol. The molecule has 11 nitrogen and oxygen atoms in total. The molecule has 2 aliphatic heterocycles. The Morgan fingerprint density at radius 2 is 1.70 bits per heavy atom. The van der Waals surface area contributed by atoms with Crippen LogP contribution < -0.4 is 15.0 Å². The number of rotatable bonds is 8. The number of imide groups is 1. The van der Waals surface area contributed by atoms with Crippen molar-refractivity contribution in [1.82, 2.24) is 5.32 Å². The number of fused-ring (bicyclic) bond motifs is 1. The van der Waals surface area contributed by atoms with E-state index in [2.05, 4.69) is 5.32 Å². The number of nitrogens with zero attached hydrogens (tertiary/aromatic N) is 2. The molecular formula is C29H27N3O8. The Kier molecular flexibility index (Phi) is 6.76. The van der Waals surface area contributed by atoms with Crippen LogP contribution in [0.3, 0.4) is 0 Å². The maximum Gasteiger partial charge on any atom is 0.325 e. The normalized spacial score (nSPS) is 23.8. The third-order valence-corrected chi connectivity index (χ3v) is 7.83. The van der Waals surface area contributed by atoms with Crippen LogP contribution in [0.4, 0.5) is 11.4 Å². The van der Waals surface area contributed by atoms with E-state index in [1.165, 1.54) is 43.5 Å². The lowest BCUT2D eigenvalue weighted by Crippen LogP contribution is -2.57. The molecule has 0 saturated carbocycles. The number of aliphatic carboxylic acids is 1. The van der Waals surface area contributed by atoms with Gasteiger partial charge in [0.15, 0.2) is 11.5 Å². The maximum absolute atomic E-state index is 14.0. The first-order chi connectivity index (χ1) is 19.1. The number of carbonyl (C=O) groups is 3. The second kappa shape index (κ2) is 10.1. The second-order valence-electron chi connectivity index (χ2n) is 9.97. The van der Waals surface area contributed by atoms with E-state index >= 15 is 0 Å². The summed E-state index contributed by atoms with van der Waals surface area (Å²) in [4.78, 5) is 52.6. The first kappa shape index (κ1) is 26.8. The largest absolute Gasteiger partial charge is 0.504 e. The summed E-state index contributed by atoms with van der Waals surface area (Å²) in [5.41, 5.74) is 0.180. The zero-order valence-electron chi connectivity index (χ0n) is 21.7. The summed E-state index contributed by atoms with van der Waals surface area (Å²) in [6.07, 6.45) is 0.550. The van der Waals surface area contributed by atoms with Gasteiger partial charge in [-0.1, -0.05) is 37.3 Å². The van der Waals surface area contributed by atoms with Gasteiger partial charge >= 0.3 is 5.97 Å². The molecule has 2 saturated heterocycles. The van der Waals surface area contributed by atoms with Crippen molar-refractivity contribution < 1.29 is 34.3 Å². The Bertz CT molecular complexity index is 1500. The second-order valence-corrected chi connectivity index (χ2v) is 9.97. The van der Waals surface area contributed by atoms with Crippen molar-refractivity contribution in [3.8, 4) is 11.5 Å². The Hall–Kier alpha value is -4.77. The van der Waals surface area contributed by atoms with Gasteiger partial charge in [0.1, 0.15) is 5.54 Å². The topological polar surface area (TPSA) is 159 Å². The lowest BCUT2D eigenvalue weighted by molar-refractivity contribution is -0.384. The molecule has 0 aromatic heterocycles. The first-order valence-electron chi connectivity index (χ1n) is 12.7. The molecule has 2 heterocycles. The number of nitrogens with one attached hydrogen (secondary N) is 1. The molecule has 11 heteroatoms. The number of carbonyl (C=O) groups excluding carboxylic acids is 2. The number of nitro benzene ring substituents is 1. The minimum atomic E-state index is -1.92. The van der Waals surface area contributed by atoms with Crippen LogP contribution in [0, 0.1) is 22.0 Å². The summed E-state index contributed by atoms with van der Waals surface area (Å²) in [5, 5.41) is 35.0. The molecule has 4 unspecified atom stereocenters. The molecule has 2 fully saturated rings. The van der Waals surface area contributed by atoms with Crippen LogP contribution in [0.25, 0.3) is 0 Å². The number of anilines is 1. The molecule has 3 N–H and O–H groups in total. The van der Waals surface area contributed by atoms with Crippen molar-refractivity contribution >= 4 is 29.2 Å². The highest BCUT2D eigenvalue weighted by Crippen LogP contribution is 2.51. The van der Waals surface area contributed by atoms with Crippen molar-refractivity contribution in [3.63, 3.8) is 0 Å². The number of hydrogen-bond acceptors (Lipinski definition) is 8. The van der Waals surface area contributed by atoms with Gasteiger partial charge in [0.2, 0.25) is 11.8 Å². The molecule has 0 aliphatic carbocycles. The minimum absolute atomic E-state index is 0.128. The van der Waals surface area contributed by atoms with E-state index in [0.29, 0.717) is 16.8 Å². The molecule has 5 rings (SSSR count). The van der Waals surface area contributed by atoms with Gasteiger partial charge in [-0.25, -0.2) is 4.90 Å². The fourth-order valence-corrected chi connectivity index (χ4v) is 5.80. The molecule has 3 aromatic rings. The van der Waals surface area contributed by atoms with Crippen LogP contribution >= 0.6 is 0 Å². The molecule has 40 heavy (non-hydrogen) atoms. The minimum Gasteiger partial charge on any atom is -0.504 e. The van der Waals surface area contributed by atoms with E-state index in [9.17, 15) is 34.7 Å².